The molecule has 4 nitrogen and oxygen atoms in total. The van der Waals surface area contributed by atoms with Crippen LogP contribution in [-0.2, 0) is 10.1 Å². The molecule has 2 N–H and O–H groups in total. The van der Waals surface area contributed by atoms with Gasteiger partial charge in [-0.3, -0.25) is 4.55 Å². The molecule has 0 aromatic heterocycles. The monoisotopic (exact) mass is 210 g/mol. The van der Waals surface area contributed by atoms with Crippen LogP contribution in [0.1, 0.15) is 39.5 Å². The summed E-state index contributed by atoms with van der Waals surface area (Å²) in [5, 5.41) is 8.26. The smallest absolute Gasteiger partial charge is 0.270 e. The Hall–Kier alpha value is -0.130. The summed E-state index contributed by atoms with van der Waals surface area (Å²) < 4.78 is 29.8. The minimum atomic E-state index is -4.09. The van der Waals surface area contributed by atoms with E-state index in [0.29, 0.717) is 6.42 Å². The van der Waals surface area contributed by atoms with Crippen LogP contribution in [-0.4, -0.2) is 29.4 Å². The van der Waals surface area contributed by atoms with Gasteiger partial charge in [0.25, 0.3) is 10.1 Å². The molecule has 0 amide bonds. The fraction of sp³-hybridized carbons (Fsp3) is 1.00. The van der Waals surface area contributed by atoms with E-state index in [2.05, 4.69) is 0 Å². The molecule has 0 aliphatic rings. The second-order valence-corrected chi connectivity index (χ2v) is 5.06. The summed E-state index contributed by atoms with van der Waals surface area (Å²) in [6, 6.07) is 0. The molecular formula is C8H18O4S. The summed E-state index contributed by atoms with van der Waals surface area (Å²) in [7, 11) is -4.09. The summed E-state index contributed by atoms with van der Waals surface area (Å²) in [6.07, 6.45) is 2.25. The van der Waals surface area contributed by atoms with Crippen molar-refractivity contribution < 1.29 is 18.1 Å². The van der Waals surface area contributed by atoms with Gasteiger partial charge in [0, 0.05) is 0 Å². The van der Waals surface area contributed by atoms with E-state index >= 15 is 0 Å². The van der Waals surface area contributed by atoms with Crippen LogP contribution in [0.3, 0.4) is 0 Å². The fourth-order valence-corrected chi connectivity index (χ4v) is 1.57. The second-order valence-electron chi connectivity index (χ2n) is 3.28. The highest BCUT2D eigenvalue weighted by Crippen LogP contribution is 2.11. The number of aliphatic hydroxyl groups excluding tert-OH is 1. The van der Waals surface area contributed by atoms with Gasteiger partial charge in [0.15, 0.2) is 0 Å². The Balaban J connectivity index is 3.90. The van der Waals surface area contributed by atoms with Crippen molar-refractivity contribution >= 4 is 10.1 Å². The summed E-state index contributed by atoms with van der Waals surface area (Å²) >= 11 is 0. The van der Waals surface area contributed by atoms with Gasteiger partial charge in [-0.1, -0.05) is 26.2 Å². The van der Waals surface area contributed by atoms with Crippen LogP contribution in [0.15, 0.2) is 0 Å². The van der Waals surface area contributed by atoms with Gasteiger partial charge in [-0.05, 0) is 13.3 Å². The average Bonchev–Trinajstić information content (AvgIpc) is 2.01. The standard InChI is InChI=1S/C8H18O4S/c1-3-4-5-6-8(9)7(2)13(10,11)12/h7-9H,3-6H2,1-2H3,(H,10,11,12). The second kappa shape index (κ2) is 5.57. The highest BCUT2D eigenvalue weighted by molar-refractivity contribution is 7.86. The van der Waals surface area contributed by atoms with Crippen molar-refractivity contribution in [1.82, 2.24) is 0 Å². The molecule has 0 aliphatic heterocycles. The largest absolute Gasteiger partial charge is 0.392 e. The Kier molecular flexibility index (Phi) is 5.51. The average molecular weight is 210 g/mol. The molecule has 13 heavy (non-hydrogen) atoms. The highest BCUT2D eigenvalue weighted by Gasteiger charge is 2.25. The maximum Gasteiger partial charge on any atom is 0.270 e. The van der Waals surface area contributed by atoms with E-state index in [1.165, 1.54) is 6.92 Å². The molecule has 0 rings (SSSR count). The Bertz CT molecular complexity index is 222. The van der Waals surface area contributed by atoms with Crippen LogP contribution in [0.4, 0.5) is 0 Å². The third kappa shape index (κ3) is 5.23. The van der Waals surface area contributed by atoms with Gasteiger partial charge < -0.3 is 5.11 Å². The predicted octanol–water partition coefficient (Wildman–Crippen LogP) is 1.20. The van der Waals surface area contributed by atoms with Crippen molar-refractivity contribution in [3.05, 3.63) is 0 Å². The lowest BCUT2D eigenvalue weighted by Gasteiger charge is -2.15. The molecule has 5 heteroatoms. The van der Waals surface area contributed by atoms with E-state index in [1.807, 2.05) is 6.92 Å². The number of hydrogen-bond donors (Lipinski definition) is 2. The molecule has 2 unspecified atom stereocenters. The highest BCUT2D eigenvalue weighted by atomic mass is 32.2. The topological polar surface area (TPSA) is 74.6 Å². The van der Waals surface area contributed by atoms with Gasteiger partial charge in [-0.15, -0.1) is 0 Å². The zero-order valence-corrected chi connectivity index (χ0v) is 8.92. The van der Waals surface area contributed by atoms with Crippen LogP contribution in [0.5, 0.6) is 0 Å². The third-order valence-corrected chi connectivity index (χ3v) is 3.37. The molecule has 0 saturated heterocycles. The first-order valence-corrected chi connectivity index (χ1v) is 6.04. The molecule has 0 heterocycles. The van der Waals surface area contributed by atoms with E-state index in [9.17, 15) is 13.5 Å². The molecule has 2 atom stereocenters. The van der Waals surface area contributed by atoms with Crippen LogP contribution in [0.25, 0.3) is 0 Å². The molecule has 0 spiro atoms. The zero-order chi connectivity index (χ0) is 10.5. The molecule has 0 saturated carbocycles. The van der Waals surface area contributed by atoms with Crippen LogP contribution in [0, 0.1) is 0 Å². The van der Waals surface area contributed by atoms with Crippen LogP contribution in [0.2, 0.25) is 0 Å². The molecule has 0 aromatic rings. The number of unbranched alkanes of at least 4 members (excludes halogenated alkanes) is 2. The van der Waals surface area contributed by atoms with E-state index in [4.69, 9.17) is 4.55 Å². The molecule has 0 radical (unpaired) electrons. The predicted molar refractivity (Wildman–Crippen MR) is 51.2 cm³/mol. The SMILES string of the molecule is CCCCCC(O)C(C)S(=O)(=O)O. The van der Waals surface area contributed by atoms with Crippen LogP contribution >= 0.6 is 0 Å². The first kappa shape index (κ1) is 12.9. The summed E-state index contributed by atoms with van der Waals surface area (Å²) in [4.78, 5) is 0. The van der Waals surface area contributed by atoms with Gasteiger partial charge in [0.1, 0.15) is 5.25 Å². The van der Waals surface area contributed by atoms with Gasteiger partial charge in [-0.2, -0.15) is 8.42 Å². The molecular weight excluding hydrogens is 192 g/mol. The summed E-state index contributed by atoms with van der Waals surface area (Å²) in [6.45, 7) is 3.34. The first-order valence-electron chi connectivity index (χ1n) is 4.54. The Morgan fingerprint density at radius 1 is 1.31 bits per heavy atom. The van der Waals surface area contributed by atoms with Crippen molar-refractivity contribution in [1.29, 1.82) is 0 Å². The summed E-state index contributed by atoms with van der Waals surface area (Å²) in [5.74, 6) is 0. The van der Waals surface area contributed by atoms with Gasteiger partial charge in [0.2, 0.25) is 0 Å². The first-order chi connectivity index (χ1) is 5.89. The number of hydrogen-bond acceptors (Lipinski definition) is 3. The maximum atomic E-state index is 10.6. The van der Waals surface area contributed by atoms with E-state index < -0.39 is 21.5 Å². The normalized spacial score (nSPS) is 16.9. The Morgan fingerprint density at radius 2 is 1.85 bits per heavy atom. The van der Waals surface area contributed by atoms with Gasteiger partial charge >= 0.3 is 0 Å². The molecule has 0 aliphatic carbocycles. The van der Waals surface area contributed by atoms with E-state index in [0.717, 1.165) is 19.3 Å². The van der Waals surface area contributed by atoms with Crippen molar-refractivity contribution in [2.75, 3.05) is 0 Å². The molecule has 0 bridgehead atoms. The van der Waals surface area contributed by atoms with Crippen molar-refractivity contribution in [2.24, 2.45) is 0 Å². The fourth-order valence-electron chi connectivity index (χ4n) is 1.04. The van der Waals surface area contributed by atoms with Crippen molar-refractivity contribution in [2.45, 2.75) is 50.9 Å². The summed E-state index contributed by atoms with van der Waals surface area (Å²) in [5.41, 5.74) is 0. The molecule has 80 valence electrons. The lowest BCUT2D eigenvalue weighted by atomic mass is 10.1. The van der Waals surface area contributed by atoms with Crippen molar-refractivity contribution in [3.8, 4) is 0 Å². The lowest BCUT2D eigenvalue weighted by molar-refractivity contribution is 0.156. The minimum absolute atomic E-state index is 0.425. The maximum absolute atomic E-state index is 10.6. The Morgan fingerprint density at radius 3 is 2.23 bits per heavy atom. The Labute approximate surface area is 79.7 Å². The van der Waals surface area contributed by atoms with Gasteiger partial charge in [0.05, 0.1) is 6.10 Å². The van der Waals surface area contributed by atoms with Crippen molar-refractivity contribution in [3.63, 3.8) is 0 Å². The lowest BCUT2D eigenvalue weighted by Crippen LogP contribution is -2.30. The third-order valence-electron chi connectivity index (χ3n) is 2.12. The number of rotatable bonds is 6. The number of aliphatic hydroxyl groups is 1. The quantitative estimate of drug-likeness (QED) is 0.510. The molecule has 0 fully saturated rings. The van der Waals surface area contributed by atoms with E-state index in [-0.39, 0.29) is 0 Å². The molecule has 0 aromatic carbocycles. The van der Waals surface area contributed by atoms with E-state index in [1.54, 1.807) is 0 Å². The minimum Gasteiger partial charge on any atom is -0.392 e. The zero-order valence-electron chi connectivity index (χ0n) is 8.10. The van der Waals surface area contributed by atoms with Crippen LogP contribution < -0.4 is 0 Å². The van der Waals surface area contributed by atoms with Gasteiger partial charge in [-0.25, -0.2) is 0 Å².